The highest BCUT2D eigenvalue weighted by atomic mass is 35.5. The van der Waals surface area contributed by atoms with E-state index in [0.29, 0.717) is 6.92 Å². The summed E-state index contributed by atoms with van der Waals surface area (Å²) in [5, 5.41) is 14.3. The minimum Gasteiger partial charge on any atom is -0.376 e. The van der Waals surface area contributed by atoms with Crippen molar-refractivity contribution in [3.8, 4) is 0 Å². The average molecular weight is 456 g/mol. The number of nitrogens with one attached hydrogen (secondary N) is 2. The van der Waals surface area contributed by atoms with Crippen LogP contribution in [0, 0.1) is 6.92 Å². The zero-order valence-electron chi connectivity index (χ0n) is 15.5. The Hall–Kier alpha value is -2.53. The molecule has 3 N–H and O–H groups in total. The maximum Gasteiger partial charge on any atom is 0.433 e. The predicted molar refractivity (Wildman–Crippen MR) is 96.9 cm³/mol. The van der Waals surface area contributed by atoms with Gasteiger partial charge in [0.05, 0.1) is 10.7 Å². The summed E-state index contributed by atoms with van der Waals surface area (Å²) in [5.74, 6) is 0. The molecule has 30 heavy (non-hydrogen) atoms. The molecule has 1 atom stereocenters. The number of rotatable bonds is 4. The molecule has 0 spiro atoms. The molecule has 2 rings (SSSR count). The van der Waals surface area contributed by atoms with E-state index in [1.54, 1.807) is 0 Å². The number of nitrogens with zero attached hydrogens (tertiary/aromatic N) is 1. The first-order valence-corrected chi connectivity index (χ1v) is 8.67. The molecule has 0 aliphatic heterocycles. The van der Waals surface area contributed by atoms with Crippen LogP contribution in [0.2, 0.25) is 5.02 Å². The summed E-state index contributed by atoms with van der Waals surface area (Å²) in [7, 11) is 0. The largest absolute Gasteiger partial charge is 0.433 e. The number of aromatic nitrogens is 1. The fourth-order valence-corrected chi connectivity index (χ4v) is 2.70. The van der Waals surface area contributed by atoms with E-state index < -0.39 is 35.2 Å². The van der Waals surface area contributed by atoms with Crippen molar-refractivity contribution in [2.24, 2.45) is 0 Å². The first-order chi connectivity index (χ1) is 13.6. The van der Waals surface area contributed by atoms with E-state index in [1.807, 2.05) is 0 Å². The minimum atomic E-state index is -4.94. The third-order valence-electron chi connectivity index (χ3n) is 4.21. The summed E-state index contributed by atoms with van der Waals surface area (Å²) in [6.45, 7) is 1.81. The number of hydrogen-bond acceptors (Lipinski definition) is 3. The van der Waals surface area contributed by atoms with Crippen LogP contribution in [0.4, 0.5) is 36.8 Å². The van der Waals surface area contributed by atoms with Gasteiger partial charge in [0.15, 0.2) is 5.60 Å². The lowest BCUT2D eigenvalue weighted by molar-refractivity contribution is -0.258. The van der Waals surface area contributed by atoms with Crippen molar-refractivity contribution < 1.29 is 36.2 Å². The van der Waals surface area contributed by atoms with Gasteiger partial charge in [-0.2, -0.15) is 26.3 Å². The Morgan fingerprint density at radius 2 is 1.80 bits per heavy atom. The third-order valence-corrected chi connectivity index (χ3v) is 4.51. The second-order valence-corrected chi connectivity index (χ2v) is 6.98. The molecular weight excluding hydrogens is 440 g/mol. The van der Waals surface area contributed by atoms with E-state index in [9.17, 15) is 36.2 Å². The van der Waals surface area contributed by atoms with Gasteiger partial charge in [0.2, 0.25) is 0 Å². The number of carbonyl (C=O) groups excluding carboxylic acids is 1. The lowest BCUT2D eigenvalue weighted by atomic mass is 9.93. The van der Waals surface area contributed by atoms with Crippen molar-refractivity contribution in [3.63, 3.8) is 0 Å². The van der Waals surface area contributed by atoms with Crippen molar-refractivity contribution >= 4 is 23.3 Å². The number of urea groups is 1. The van der Waals surface area contributed by atoms with Gasteiger partial charge in [-0.25, -0.2) is 4.79 Å². The van der Waals surface area contributed by atoms with Gasteiger partial charge in [0.25, 0.3) is 0 Å². The molecule has 0 saturated carbocycles. The average Bonchev–Trinajstić information content (AvgIpc) is 2.61. The minimum absolute atomic E-state index is 0.0152. The van der Waals surface area contributed by atoms with Gasteiger partial charge in [0.1, 0.15) is 5.69 Å². The molecule has 0 bridgehead atoms. The van der Waals surface area contributed by atoms with Crippen LogP contribution < -0.4 is 10.6 Å². The fourth-order valence-electron chi connectivity index (χ4n) is 2.38. The number of carbonyl (C=O) groups is 1. The van der Waals surface area contributed by atoms with Crippen LogP contribution in [0.5, 0.6) is 0 Å². The number of aliphatic hydroxyl groups is 1. The molecule has 5 nitrogen and oxygen atoms in total. The van der Waals surface area contributed by atoms with E-state index in [2.05, 4.69) is 15.6 Å². The molecule has 2 aromatic rings. The quantitative estimate of drug-likeness (QED) is 0.558. The summed E-state index contributed by atoms with van der Waals surface area (Å²) in [6, 6.07) is 3.03. The Morgan fingerprint density at radius 3 is 2.27 bits per heavy atom. The van der Waals surface area contributed by atoms with Gasteiger partial charge in [0, 0.05) is 12.7 Å². The van der Waals surface area contributed by atoms with E-state index in [0.717, 1.165) is 30.5 Å². The smallest absolute Gasteiger partial charge is 0.376 e. The first kappa shape index (κ1) is 23.7. The van der Waals surface area contributed by atoms with Crippen LogP contribution in [0.25, 0.3) is 0 Å². The molecule has 0 fully saturated rings. The summed E-state index contributed by atoms with van der Waals surface area (Å²) >= 11 is 5.97. The highest BCUT2D eigenvalue weighted by Gasteiger charge is 2.51. The SMILES string of the molecule is Cc1cc(C(C)(O)C(F)(F)F)cc(Cl)c1NC(=O)NCc1ccc(C(F)(F)F)nc1. The number of hydrogen-bond donors (Lipinski definition) is 3. The van der Waals surface area contributed by atoms with Crippen molar-refractivity contribution in [2.45, 2.75) is 38.3 Å². The molecule has 0 aliphatic rings. The van der Waals surface area contributed by atoms with Crippen molar-refractivity contribution in [1.82, 2.24) is 10.3 Å². The molecule has 1 aromatic heterocycles. The second kappa shape index (κ2) is 8.31. The van der Waals surface area contributed by atoms with E-state index in [1.165, 1.54) is 6.92 Å². The zero-order chi connectivity index (χ0) is 22.9. The number of alkyl halides is 6. The van der Waals surface area contributed by atoms with Crippen LogP contribution in [0.3, 0.4) is 0 Å². The second-order valence-electron chi connectivity index (χ2n) is 6.58. The van der Waals surface area contributed by atoms with Crippen LogP contribution in [0.1, 0.15) is 29.3 Å². The van der Waals surface area contributed by atoms with Crippen LogP contribution >= 0.6 is 11.6 Å². The van der Waals surface area contributed by atoms with Gasteiger partial charge in [-0.05, 0) is 42.7 Å². The molecule has 12 heteroatoms. The number of anilines is 1. The van der Waals surface area contributed by atoms with E-state index in [4.69, 9.17) is 11.6 Å². The number of benzene rings is 1. The molecular formula is C18H16ClF6N3O2. The summed E-state index contributed by atoms with van der Waals surface area (Å²) in [4.78, 5) is 15.3. The topological polar surface area (TPSA) is 74.2 Å². The van der Waals surface area contributed by atoms with Gasteiger partial charge in [-0.1, -0.05) is 23.7 Å². The number of halogens is 7. The Labute approximate surface area is 172 Å². The lowest BCUT2D eigenvalue weighted by Crippen LogP contribution is -2.39. The Kier molecular flexibility index (Phi) is 6.57. The van der Waals surface area contributed by atoms with Gasteiger partial charge in [-0.3, -0.25) is 4.98 Å². The van der Waals surface area contributed by atoms with Gasteiger partial charge in [-0.15, -0.1) is 0 Å². The van der Waals surface area contributed by atoms with Crippen LogP contribution in [-0.2, 0) is 18.3 Å². The summed E-state index contributed by atoms with van der Waals surface area (Å²) in [5.41, 5.74) is -4.25. The molecule has 0 radical (unpaired) electrons. The predicted octanol–water partition coefficient (Wildman–Crippen LogP) is 5.15. The van der Waals surface area contributed by atoms with Gasteiger partial charge < -0.3 is 15.7 Å². The molecule has 1 heterocycles. The standard InChI is InChI=1S/C18H16ClF6N3O2/c1-9-5-11(16(2,30)18(23,24)25)6-12(19)14(9)28-15(29)27-8-10-3-4-13(26-7-10)17(20,21)22/h3-7,30H,8H2,1-2H3,(H2,27,28,29). The fraction of sp³-hybridized carbons (Fsp3) is 0.333. The van der Waals surface area contributed by atoms with Crippen LogP contribution in [-0.4, -0.2) is 22.3 Å². The highest BCUT2D eigenvalue weighted by molar-refractivity contribution is 6.34. The molecule has 0 saturated heterocycles. The third kappa shape index (κ3) is 5.33. The molecule has 2 amide bonds. The van der Waals surface area contributed by atoms with Crippen molar-refractivity contribution in [1.29, 1.82) is 0 Å². The Morgan fingerprint density at radius 1 is 1.17 bits per heavy atom. The lowest BCUT2D eigenvalue weighted by Gasteiger charge is -2.27. The Balaban J connectivity index is 2.08. The van der Waals surface area contributed by atoms with E-state index >= 15 is 0 Å². The van der Waals surface area contributed by atoms with Crippen molar-refractivity contribution in [3.05, 3.63) is 57.9 Å². The molecule has 0 aliphatic carbocycles. The maximum absolute atomic E-state index is 13.0. The van der Waals surface area contributed by atoms with Gasteiger partial charge >= 0.3 is 18.4 Å². The number of aryl methyl sites for hydroxylation is 1. The normalized spacial score (nSPS) is 14.2. The van der Waals surface area contributed by atoms with Crippen molar-refractivity contribution in [2.75, 3.05) is 5.32 Å². The van der Waals surface area contributed by atoms with E-state index in [-0.39, 0.29) is 28.4 Å². The summed E-state index contributed by atoms with van der Waals surface area (Å²) < 4.78 is 76.5. The zero-order valence-corrected chi connectivity index (χ0v) is 16.3. The highest BCUT2D eigenvalue weighted by Crippen LogP contribution is 2.41. The van der Waals surface area contributed by atoms with Crippen LogP contribution in [0.15, 0.2) is 30.5 Å². The Bertz CT molecular complexity index is 904. The number of pyridine rings is 1. The monoisotopic (exact) mass is 455 g/mol. The first-order valence-electron chi connectivity index (χ1n) is 8.29. The summed E-state index contributed by atoms with van der Waals surface area (Å²) in [6.07, 6.45) is -8.57. The molecule has 1 unspecified atom stereocenters. The number of amides is 2. The molecule has 164 valence electrons. The molecule has 1 aromatic carbocycles. The maximum atomic E-state index is 13.0.